The zero-order valence-electron chi connectivity index (χ0n) is 23.0. The molecule has 3 N–H and O–H groups in total. The highest BCUT2D eigenvalue weighted by atomic mass is 16.5. The summed E-state index contributed by atoms with van der Waals surface area (Å²) in [6, 6.07) is 25.1. The molecule has 0 bridgehead atoms. The second-order valence-electron chi connectivity index (χ2n) is 10.5. The Hall–Kier alpha value is -4.17. The predicted octanol–water partition coefficient (Wildman–Crippen LogP) is 4.64. The van der Waals surface area contributed by atoms with Crippen LogP contribution in [-0.4, -0.2) is 60.8 Å². The molecule has 8 nitrogen and oxygen atoms in total. The number of nitrogens with zero attached hydrogens (tertiary/aromatic N) is 1. The van der Waals surface area contributed by atoms with Gasteiger partial charge in [-0.25, -0.2) is 9.59 Å². The van der Waals surface area contributed by atoms with Gasteiger partial charge in [-0.2, -0.15) is 0 Å². The Kier molecular flexibility index (Phi) is 9.91. The SMILES string of the molecule is CC(CCC(=O)NC(CN(C)Cc1ccccc1)C(=O)O)CNC(=O)OCC1c2ccccc2-c2ccccc21. The summed E-state index contributed by atoms with van der Waals surface area (Å²) in [7, 11) is 1.83. The van der Waals surface area contributed by atoms with E-state index in [1.54, 1.807) is 0 Å². The molecule has 0 saturated heterocycles. The smallest absolute Gasteiger partial charge is 0.407 e. The lowest BCUT2D eigenvalue weighted by Crippen LogP contribution is -2.47. The molecule has 1 aliphatic carbocycles. The average molecular weight is 544 g/mol. The molecular weight excluding hydrogens is 506 g/mol. The van der Waals surface area contributed by atoms with E-state index in [1.165, 1.54) is 11.1 Å². The van der Waals surface area contributed by atoms with Crippen LogP contribution >= 0.6 is 0 Å². The summed E-state index contributed by atoms with van der Waals surface area (Å²) < 4.78 is 5.57. The Morgan fingerprint density at radius 2 is 1.52 bits per heavy atom. The molecule has 8 heteroatoms. The quantitative estimate of drug-likeness (QED) is 0.290. The van der Waals surface area contributed by atoms with E-state index < -0.39 is 18.1 Å². The Morgan fingerprint density at radius 3 is 2.15 bits per heavy atom. The van der Waals surface area contributed by atoms with Gasteiger partial charge in [0.15, 0.2) is 0 Å². The number of benzene rings is 3. The van der Waals surface area contributed by atoms with Crippen LogP contribution < -0.4 is 10.6 Å². The first-order valence-electron chi connectivity index (χ1n) is 13.6. The van der Waals surface area contributed by atoms with Gasteiger partial charge >= 0.3 is 12.1 Å². The van der Waals surface area contributed by atoms with Crippen LogP contribution in [0.1, 0.15) is 42.4 Å². The normalized spacial score (nSPS) is 13.7. The first-order chi connectivity index (χ1) is 19.3. The Balaban J connectivity index is 1.17. The monoisotopic (exact) mass is 543 g/mol. The summed E-state index contributed by atoms with van der Waals surface area (Å²) in [5, 5.41) is 15.0. The molecule has 2 unspecified atom stereocenters. The molecule has 210 valence electrons. The number of hydrogen-bond donors (Lipinski definition) is 3. The highest BCUT2D eigenvalue weighted by Crippen LogP contribution is 2.44. The first-order valence-corrected chi connectivity index (χ1v) is 13.6. The number of likely N-dealkylation sites (N-methyl/N-ethyl adjacent to an activating group) is 1. The lowest BCUT2D eigenvalue weighted by Gasteiger charge is -2.22. The van der Waals surface area contributed by atoms with Crippen LogP contribution in [0.15, 0.2) is 78.9 Å². The molecule has 2 atom stereocenters. The number of fused-ring (bicyclic) bond motifs is 3. The van der Waals surface area contributed by atoms with E-state index in [1.807, 2.05) is 73.5 Å². The lowest BCUT2D eigenvalue weighted by molar-refractivity contribution is -0.142. The Morgan fingerprint density at radius 1 is 0.925 bits per heavy atom. The Bertz CT molecular complexity index is 1270. The summed E-state index contributed by atoms with van der Waals surface area (Å²) in [6.07, 6.45) is 0.173. The van der Waals surface area contributed by atoms with E-state index >= 15 is 0 Å². The van der Waals surface area contributed by atoms with E-state index in [-0.39, 0.29) is 37.3 Å². The number of alkyl carbamates (subject to hydrolysis) is 1. The summed E-state index contributed by atoms with van der Waals surface area (Å²) >= 11 is 0. The molecule has 0 heterocycles. The fraction of sp³-hybridized carbons (Fsp3) is 0.344. The summed E-state index contributed by atoms with van der Waals surface area (Å²) in [5.41, 5.74) is 5.72. The number of carboxylic acids is 1. The molecule has 0 aromatic heterocycles. The van der Waals surface area contributed by atoms with Crippen LogP contribution in [0, 0.1) is 5.92 Å². The molecule has 0 radical (unpaired) electrons. The maximum Gasteiger partial charge on any atom is 0.407 e. The van der Waals surface area contributed by atoms with Gasteiger partial charge in [-0.3, -0.25) is 9.69 Å². The highest BCUT2D eigenvalue weighted by molar-refractivity contribution is 5.83. The number of nitrogens with one attached hydrogen (secondary N) is 2. The van der Waals surface area contributed by atoms with Gasteiger partial charge in [-0.1, -0.05) is 85.8 Å². The number of aliphatic carboxylic acids is 1. The third-order valence-electron chi connectivity index (χ3n) is 7.23. The van der Waals surface area contributed by atoms with Crippen molar-refractivity contribution in [2.45, 2.75) is 38.3 Å². The van der Waals surface area contributed by atoms with Crippen molar-refractivity contribution in [3.8, 4) is 11.1 Å². The van der Waals surface area contributed by atoms with E-state index in [0.29, 0.717) is 19.5 Å². The molecule has 1 aliphatic rings. The van der Waals surface area contributed by atoms with Gasteiger partial charge in [-0.15, -0.1) is 0 Å². The molecule has 3 aromatic rings. The second-order valence-corrected chi connectivity index (χ2v) is 10.5. The van der Waals surface area contributed by atoms with Gasteiger partial charge in [0, 0.05) is 32.0 Å². The fourth-order valence-corrected chi connectivity index (χ4v) is 5.11. The van der Waals surface area contributed by atoms with Crippen LogP contribution in [0.3, 0.4) is 0 Å². The number of rotatable bonds is 13. The van der Waals surface area contributed by atoms with Crippen molar-refractivity contribution >= 4 is 18.0 Å². The van der Waals surface area contributed by atoms with Crippen LogP contribution in [0.2, 0.25) is 0 Å². The molecule has 0 saturated carbocycles. The number of carbonyl (C=O) groups is 3. The molecule has 4 rings (SSSR count). The zero-order chi connectivity index (χ0) is 28.5. The lowest BCUT2D eigenvalue weighted by atomic mass is 9.98. The molecule has 2 amide bonds. The number of amides is 2. The molecule has 3 aromatic carbocycles. The van der Waals surface area contributed by atoms with Crippen molar-refractivity contribution in [1.29, 1.82) is 0 Å². The van der Waals surface area contributed by atoms with Crippen molar-refractivity contribution in [1.82, 2.24) is 15.5 Å². The van der Waals surface area contributed by atoms with E-state index in [4.69, 9.17) is 4.74 Å². The minimum Gasteiger partial charge on any atom is -0.480 e. The van der Waals surface area contributed by atoms with E-state index in [0.717, 1.165) is 16.7 Å². The topological polar surface area (TPSA) is 108 Å². The summed E-state index contributed by atoms with van der Waals surface area (Å²) in [6.45, 7) is 3.30. The number of carbonyl (C=O) groups excluding carboxylic acids is 2. The van der Waals surface area contributed by atoms with Crippen molar-refractivity contribution < 1.29 is 24.2 Å². The number of ether oxygens (including phenoxy) is 1. The van der Waals surface area contributed by atoms with Gasteiger partial charge < -0.3 is 20.5 Å². The van der Waals surface area contributed by atoms with Crippen molar-refractivity contribution in [2.24, 2.45) is 5.92 Å². The third-order valence-corrected chi connectivity index (χ3v) is 7.23. The highest BCUT2D eigenvalue weighted by Gasteiger charge is 2.29. The van der Waals surface area contributed by atoms with Gasteiger partial charge in [-0.05, 0) is 47.2 Å². The maximum absolute atomic E-state index is 12.5. The molecular formula is C32H37N3O5. The third kappa shape index (κ3) is 7.70. The van der Waals surface area contributed by atoms with E-state index in [2.05, 4.69) is 34.9 Å². The zero-order valence-corrected chi connectivity index (χ0v) is 23.0. The van der Waals surface area contributed by atoms with Crippen molar-refractivity contribution in [3.05, 3.63) is 95.6 Å². The van der Waals surface area contributed by atoms with Crippen LogP contribution in [0.4, 0.5) is 4.79 Å². The van der Waals surface area contributed by atoms with Gasteiger partial charge in [0.1, 0.15) is 12.6 Å². The fourth-order valence-electron chi connectivity index (χ4n) is 5.11. The number of carboxylic acid groups (broad SMARTS) is 1. The average Bonchev–Trinajstić information content (AvgIpc) is 3.27. The molecule has 0 aliphatic heterocycles. The Labute approximate surface area is 235 Å². The molecule has 0 fully saturated rings. The van der Waals surface area contributed by atoms with Gasteiger partial charge in [0.2, 0.25) is 5.91 Å². The van der Waals surface area contributed by atoms with Crippen molar-refractivity contribution in [3.63, 3.8) is 0 Å². The predicted molar refractivity (Wildman–Crippen MR) is 154 cm³/mol. The minimum absolute atomic E-state index is 0.00631. The summed E-state index contributed by atoms with van der Waals surface area (Å²) in [5.74, 6) is -1.39. The van der Waals surface area contributed by atoms with Gasteiger partial charge in [0.05, 0.1) is 0 Å². The van der Waals surface area contributed by atoms with Gasteiger partial charge in [0.25, 0.3) is 0 Å². The van der Waals surface area contributed by atoms with Crippen molar-refractivity contribution in [2.75, 3.05) is 26.7 Å². The first kappa shape index (κ1) is 28.8. The number of hydrogen-bond acceptors (Lipinski definition) is 5. The summed E-state index contributed by atoms with van der Waals surface area (Å²) in [4.78, 5) is 38.5. The van der Waals surface area contributed by atoms with Crippen LogP contribution in [0.25, 0.3) is 11.1 Å². The standard InChI is InChI=1S/C32H37N3O5/c1-22(16-17-30(36)34-29(31(37)38)20-35(2)19-23-10-4-3-5-11-23)18-33-32(39)40-21-28-26-14-8-6-12-24(26)25-13-7-9-15-27(25)28/h3-15,22,28-29H,16-21H2,1-2H3,(H,33,39)(H,34,36)(H,37,38). The van der Waals surface area contributed by atoms with Crippen LogP contribution in [0.5, 0.6) is 0 Å². The second kappa shape index (κ2) is 13.8. The largest absolute Gasteiger partial charge is 0.480 e. The molecule has 40 heavy (non-hydrogen) atoms. The maximum atomic E-state index is 12.5. The molecule has 0 spiro atoms. The van der Waals surface area contributed by atoms with E-state index in [9.17, 15) is 19.5 Å². The van der Waals surface area contributed by atoms with Crippen LogP contribution in [-0.2, 0) is 20.9 Å². The minimum atomic E-state index is -1.07.